The summed E-state index contributed by atoms with van der Waals surface area (Å²) < 4.78 is 24.1. The maximum Gasteiger partial charge on any atom is 0.251 e. The Morgan fingerprint density at radius 2 is 1.70 bits per heavy atom. The maximum atomic E-state index is 12.0. The Hall–Kier alpha value is -0.400. The first-order valence-corrected chi connectivity index (χ1v) is 3.49. The molecule has 0 aromatic carbocycles. The van der Waals surface area contributed by atoms with E-state index >= 15 is 0 Å². The van der Waals surface area contributed by atoms with Gasteiger partial charge in [-0.15, -0.1) is 6.58 Å². The van der Waals surface area contributed by atoms with Crippen molar-refractivity contribution in [3.63, 3.8) is 0 Å². The van der Waals surface area contributed by atoms with Crippen molar-refractivity contribution >= 4 is 0 Å². The monoisotopic (exact) mass is 150 g/mol. The highest BCUT2D eigenvalue weighted by Gasteiger charge is 2.26. The molecular weight excluding hydrogens is 134 g/mol. The molecule has 0 aliphatic heterocycles. The van der Waals surface area contributed by atoms with Gasteiger partial charge in [0, 0.05) is 5.92 Å². The van der Waals surface area contributed by atoms with E-state index in [-0.39, 0.29) is 0 Å². The van der Waals surface area contributed by atoms with Gasteiger partial charge in [-0.1, -0.05) is 26.8 Å². The summed E-state index contributed by atoms with van der Waals surface area (Å²) in [6, 6.07) is 0. The van der Waals surface area contributed by atoms with Gasteiger partial charge in [-0.3, -0.25) is 0 Å². The van der Waals surface area contributed by atoms with Crippen LogP contribution in [0, 0.1) is 5.92 Å². The number of allylic oxidation sites excluding steroid dienone is 1. The van der Waals surface area contributed by atoms with Crippen LogP contribution in [0.5, 0.6) is 0 Å². The van der Waals surface area contributed by atoms with Crippen LogP contribution in [0.3, 0.4) is 0 Å². The fourth-order valence-electron chi connectivity index (χ4n) is 0.207. The molecular formula is C8H16F2. The Morgan fingerprint density at radius 3 is 1.70 bits per heavy atom. The first kappa shape index (κ1) is 12.3. The van der Waals surface area contributed by atoms with Crippen LogP contribution in [-0.2, 0) is 0 Å². The van der Waals surface area contributed by atoms with Crippen molar-refractivity contribution in [3.8, 4) is 0 Å². The minimum Gasteiger partial charge on any atom is -0.207 e. The van der Waals surface area contributed by atoms with E-state index in [0.29, 0.717) is 0 Å². The van der Waals surface area contributed by atoms with E-state index in [1.165, 1.54) is 13.0 Å². The van der Waals surface area contributed by atoms with Gasteiger partial charge in [0.15, 0.2) is 0 Å². The zero-order chi connectivity index (χ0) is 8.78. The van der Waals surface area contributed by atoms with Gasteiger partial charge in [-0.05, 0) is 6.92 Å². The Labute approximate surface area is 61.9 Å². The van der Waals surface area contributed by atoms with Gasteiger partial charge in [-0.2, -0.15) is 0 Å². The van der Waals surface area contributed by atoms with E-state index in [4.69, 9.17) is 0 Å². The van der Waals surface area contributed by atoms with Crippen LogP contribution in [-0.4, -0.2) is 5.92 Å². The second kappa shape index (κ2) is 5.39. The molecule has 62 valence electrons. The first-order valence-electron chi connectivity index (χ1n) is 3.49. The standard InChI is InChI=1S/C6H10F2.C2H6/c1-4-5(2)6(3,7)8;1-2/h4-5H,1H2,2-3H3;1-2H3. The van der Waals surface area contributed by atoms with Gasteiger partial charge in [0.05, 0.1) is 0 Å². The van der Waals surface area contributed by atoms with Gasteiger partial charge in [0.1, 0.15) is 0 Å². The molecule has 2 heteroatoms. The first-order chi connectivity index (χ1) is 4.48. The molecule has 0 aliphatic rings. The minimum absolute atomic E-state index is 0.720. The van der Waals surface area contributed by atoms with E-state index in [1.54, 1.807) is 0 Å². The Kier molecular flexibility index (Phi) is 6.63. The van der Waals surface area contributed by atoms with E-state index in [9.17, 15) is 8.78 Å². The third kappa shape index (κ3) is 5.73. The zero-order valence-corrected chi connectivity index (χ0v) is 7.12. The summed E-state index contributed by atoms with van der Waals surface area (Å²) in [6.07, 6.45) is 1.25. The normalized spacial score (nSPS) is 13.0. The Bertz CT molecular complexity index is 81.7. The summed E-state index contributed by atoms with van der Waals surface area (Å²) in [5.41, 5.74) is 0. The van der Waals surface area contributed by atoms with Crippen molar-refractivity contribution in [2.24, 2.45) is 5.92 Å². The van der Waals surface area contributed by atoms with Crippen LogP contribution in [0.4, 0.5) is 8.78 Å². The summed E-state index contributed by atoms with van der Waals surface area (Å²) in [4.78, 5) is 0. The third-order valence-electron chi connectivity index (χ3n) is 1.15. The van der Waals surface area contributed by atoms with Gasteiger partial charge in [0.2, 0.25) is 0 Å². The van der Waals surface area contributed by atoms with Crippen LogP contribution in [0.2, 0.25) is 0 Å². The molecule has 0 saturated carbocycles. The van der Waals surface area contributed by atoms with Crippen molar-refractivity contribution in [2.75, 3.05) is 0 Å². The number of hydrogen-bond acceptors (Lipinski definition) is 0. The quantitative estimate of drug-likeness (QED) is 0.528. The lowest BCUT2D eigenvalue weighted by Gasteiger charge is -2.13. The molecule has 10 heavy (non-hydrogen) atoms. The second-order valence-electron chi connectivity index (χ2n) is 1.98. The highest BCUT2D eigenvalue weighted by molar-refractivity contribution is 4.83. The van der Waals surface area contributed by atoms with Crippen LogP contribution < -0.4 is 0 Å². The molecule has 0 heterocycles. The Balaban J connectivity index is 0. The van der Waals surface area contributed by atoms with Crippen molar-refractivity contribution in [2.45, 2.75) is 33.6 Å². The maximum absolute atomic E-state index is 12.0. The number of hydrogen-bond donors (Lipinski definition) is 0. The SMILES string of the molecule is C=CC(C)C(C)(F)F.CC. The Morgan fingerprint density at radius 1 is 1.40 bits per heavy atom. The molecule has 0 nitrogen and oxygen atoms in total. The lowest BCUT2D eigenvalue weighted by Crippen LogP contribution is -2.18. The molecule has 0 saturated heterocycles. The van der Waals surface area contributed by atoms with E-state index in [0.717, 1.165) is 6.92 Å². The summed E-state index contributed by atoms with van der Waals surface area (Å²) in [7, 11) is 0. The fraction of sp³-hybridized carbons (Fsp3) is 0.750. The predicted molar refractivity (Wildman–Crippen MR) is 41.3 cm³/mol. The average Bonchev–Trinajstić information content (AvgIpc) is 1.89. The summed E-state index contributed by atoms with van der Waals surface area (Å²) >= 11 is 0. The molecule has 0 aliphatic carbocycles. The van der Waals surface area contributed by atoms with Crippen molar-refractivity contribution in [3.05, 3.63) is 12.7 Å². The molecule has 0 fully saturated rings. The van der Waals surface area contributed by atoms with Gasteiger partial charge < -0.3 is 0 Å². The van der Waals surface area contributed by atoms with Gasteiger partial charge >= 0.3 is 0 Å². The molecule has 0 aromatic heterocycles. The average molecular weight is 150 g/mol. The van der Waals surface area contributed by atoms with Crippen molar-refractivity contribution in [1.82, 2.24) is 0 Å². The summed E-state index contributed by atoms with van der Waals surface area (Å²) in [5, 5.41) is 0. The fourth-order valence-corrected chi connectivity index (χ4v) is 0.207. The molecule has 0 bridgehead atoms. The van der Waals surface area contributed by atoms with E-state index in [2.05, 4.69) is 6.58 Å². The molecule has 0 N–H and O–H groups in total. The van der Waals surface area contributed by atoms with Crippen LogP contribution in [0.15, 0.2) is 12.7 Å². The number of rotatable bonds is 2. The minimum atomic E-state index is -2.61. The van der Waals surface area contributed by atoms with Gasteiger partial charge in [0.25, 0.3) is 5.92 Å². The highest BCUT2D eigenvalue weighted by Crippen LogP contribution is 2.23. The van der Waals surface area contributed by atoms with Crippen molar-refractivity contribution in [1.29, 1.82) is 0 Å². The van der Waals surface area contributed by atoms with Crippen LogP contribution >= 0.6 is 0 Å². The van der Waals surface area contributed by atoms with E-state index in [1.807, 2.05) is 13.8 Å². The van der Waals surface area contributed by atoms with Gasteiger partial charge in [-0.25, -0.2) is 8.78 Å². The molecule has 0 amide bonds. The smallest absolute Gasteiger partial charge is 0.207 e. The summed E-state index contributed by atoms with van der Waals surface area (Å²) in [6.45, 7) is 9.57. The lowest BCUT2D eigenvalue weighted by molar-refractivity contribution is -0.0140. The largest absolute Gasteiger partial charge is 0.251 e. The van der Waals surface area contributed by atoms with Crippen LogP contribution in [0.25, 0.3) is 0 Å². The zero-order valence-electron chi connectivity index (χ0n) is 7.12. The summed E-state index contributed by atoms with van der Waals surface area (Å²) in [5.74, 6) is -3.33. The third-order valence-corrected chi connectivity index (χ3v) is 1.15. The predicted octanol–water partition coefficient (Wildman–Crippen LogP) is 3.49. The van der Waals surface area contributed by atoms with Crippen LogP contribution in [0.1, 0.15) is 27.7 Å². The molecule has 0 aromatic rings. The molecule has 1 atom stereocenters. The topological polar surface area (TPSA) is 0 Å². The number of halogens is 2. The molecule has 1 unspecified atom stereocenters. The molecule has 0 rings (SSSR count). The van der Waals surface area contributed by atoms with Crippen molar-refractivity contribution < 1.29 is 8.78 Å². The van der Waals surface area contributed by atoms with E-state index < -0.39 is 11.8 Å². The molecule has 0 radical (unpaired) electrons. The lowest BCUT2D eigenvalue weighted by atomic mass is 10.1. The number of alkyl halides is 2. The second-order valence-corrected chi connectivity index (χ2v) is 1.98. The highest BCUT2D eigenvalue weighted by atomic mass is 19.3. The molecule has 0 spiro atoms.